The van der Waals surface area contributed by atoms with E-state index in [1.165, 1.54) is 32.1 Å². The van der Waals surface area contributed by atoms with E-state index in [0.29, 0.717) is 13.1 Å². The van der Waals surface area contributed by atoms with Gasteiger partial charge in [0.2, 0.25) is 5.91 Å². The summed E-state index contributed by atoms with van der Waals surface area (Å²) in [6.45, 7) is 2.02. The smallest absolute Gasteiger partial charge is 0.234 e. The summed E-state index contributed by atoms with van der Waals surface area (Å²) in [4.78, 5) is 14.1. The molecule has 0 bridgehead atoms. The summed E-state index contributed by atoms with van der Waals surface area (Å²) < 4.78 is 0. The molecule has 4 heteroatoms. The van der Waals surface area contributed by atoms with Crippen molar-refractivity contribution in [2.24, 2.45) is 11.7 Å². The Bertz CT molecular complexity index is 283. The first-order valence-electron chi connectivity index (χ1n) is 7.34. The van der Waals surface area contributed by atoms with E-state index in [9.17, 15) is 4.79 Å². The van der Waals surface area contributed by atoms with Crippen LogP contribution in [0.5, 0.6) is 0 Å². The standard InChI is InChI=1S/C14H27N3O/c1-17(10-13(18)16-9-12-5-6-12)14(11-15)7-3-2-4-8-14/h12H,2-11,15H2,1H3,(H,16,18). The van der Waals surface area contributed by atoms with E-state index in [2.05, 4.69) is 17.3 Å². The van der Waals surface area contributed by atoms with E-state index in [4.69, 9.17) is 5.73 Å². The quantitative estimate of drug-likeness (QED) is 0.745. The molecule has 0 aliphatic heterocycles. The molecule has 2 aliphatic rings. The Morgan fingerprint density at radius 1 is 1.33 bits per heavy atom. The summed E-state index contributed by atoms with van der Waals surface area (Å²) in [5.41, 5.74) is 6.04. The minimum atomic E-state index is 0.0647. The molecule has 4 nitrogen and oxygen atoms in total. The lowest BCUT2D eigenvalue weighted by atomic mass is 9.80. The van der Waals surface area contributed by atoms with Crippen molar-refractivity contribution in [3.63, 3.8) is 0 Å². The molecule has 104 valence electrons. The predicted octanol–water partition coefficient (Wildman–Crippen LogP) is 1.11. The molecule has 0 aromatic rings. The molecule has 1 amide bonds. The van der Waals surface area contributed by atoms with Crippen molar-refractivity contribution < 1.29 is 4.79 Å². The average molecular weight is 253 g/mol. The van der Waals surface area contributed by atoms with E-state index in [1.807, 2.05) is 0 Å². The number of rotatable bonds is 6. The number of likely N-dealkylation sites (N-methyl/N-ethyl adjacent to an activating group) is 1. The van der Waals surface area contributed by atoms with Crippen molar-refractivity contribution in [1.29, 1.82) is 0 Å². The third-order valence-corrected chi connectivity index (χ3v) is 4.64. The first-order chi connectivity index (χ1) is 8.66. The molecule has 0 atom stereocenters. The molecule has 2 rings (SSSR count). The maximum atomic E-state index is 11.9. The van der Waals surface area contributed by atoms with E-state index in [0.717, 1.165) is 25.3 Å². The largest absolute Gasteiger partial charge is 0.355 e. The summed E-state index contributed by atoms with van der Waals surface area (Å²) in [6.07, 6.45) is 8.62. The average Bonchev–Trinajstić information content (AvgIpc) is 3.21. The summed E-state index contributed by atoms with van der Waals surface area (Å²) in [5.74, 6) is 0.903. The Morgan fingerprint density at radius 3 is 2.56 bits per heavy atom. The first kappa shape index (κ1) is 13.8. The van der Waals surface area contributed by atoms with E-state index < -0.39 is 0 Å². The third-order valence-electron chi connectivity index (χ3n) is 4.64. The number of nitrogens with one attached hydrogen (secondary N) is 1. The van der Waals surface area contributed by atoms with Crippen LogP contribution in [-0.2, 0) is 4.79 Å². The molecule has 0 unspecified atom stereocenters. The van der Waals surface area contributed by atoms with Crippen molar-refractivity contribution in [3.05, 3.63) is 0 Å². The number of hydrogen-bond acceptors (Lipinski definition) is 3. The Kier molecular flexibility index (Phi) is 4.62. The fourth-order valence-electron chi connectivity index (χ4n) is 2.97. The van der Waals surface area contributed by atoms with E-state index >= 15 is 0 Å². The maximum Gasteiger partial charge on any atom is 0.234 e. The van der Waals surface area contributed by atoms with Gasteiger partial charge in [-0.3, -0.25) is 9.69 Å². The van der Waals surface area contributed by atoms with Crippen LogP contribution in [0.1, 0.15) is 44.9 Å². The van der Waals surface area contributed by atoms with E-state index in [1.54, 1.807) is 0 Å². The predicted molar refractivity (Wildman–Crippen MR) is 73.2 cm³/mol. The van der Waals surface area contributed by atoms with Crippen LogP contribution in [0.3, 0.4) is 0 Å². The first-order valence-corrected chi connectivity index (χ1v) is 7.34. The van der Waals surface area contributed by atoms with Crippen LogP contribution in [0.15, 0.2) is 0 Å². The van der Waals surface area contributed by atoms with Crippen molar-refractivity contribution in [2.75, 3.05) is 26.7 Å². The Morgan fingerprint density at radius 2 is 2.00 bits per heavy atom. The SMILES string of the molecule is CN(CC(=O)NCC1CC1)C1(CN)CCCCC1. The second-order valence-corrected chi connectivity index (χ2v) is 6.09. The van der Waals surface area contributed by atoms with Crippen LogP contribution >= 0.6 is 0 Å². The third kappa shape index (κ3) is 3.45. The molecule has 0 saturated heterocycles. The van der Waals surface area contributed by atoms with Gasteiger partial charge in [-0.15, -0.1) is 0 Å². The fraction of sp³-hybridized carbons (Fsp3) is 0.929. The van der Waals surface area contributed by atoms with Crippen LogP contribution in [0.4, 0.5) is 0 Å². The van der Waals surface area contributed by atoms with E-state index in [-0.39, 0.29) is 11.4 Å². The Labute approximate surface area is 110 Å². The fourth-order valence-corrected chi connectivity index (χ4v) is 2.97. The molecule has 18 heavy (non-hydrogen) atoms. The second kappa shape index (κ2) is 6.02. The minimum absolute atomic E-state index is 0.0647. The zero-order chi connectivity index (χ0) is 13.0. The summed E-state index contributed by atoms with van der Waals surface area (Å²) >= 11 is 0. The van der Waals surface area contributed by atoms with Crippen LogP contribution in [0, 0.1) is 5.92 Å². The molecular weight excluding hydrogens is 226 g/mol. The highest BCUT2D eigenvalue weighted by Crippen LogP contribution is 2.32. The highest BCUT2D eigenvalue weighted by atomic mass is 16.2. The Hall–Kier alpha value is -0.610. The van der Waals surface area contributed by atoms with Gasteiger partial charge in [0.15, 0.2) is 0 Å². The normalized spacial score (nSPS) is 23.1. The van der Waals surface area contributed by atoms with Gasteiger partial charge >= 0.3 is 0 Å². The van der Waals surface area contributed by atoms with Gasteiger partial charge in [-0.2, -0.15) is 0 Å². The van der Waals surface area contributed by atoms with Gasteiger partial charge in [0.05, 0.1) is 6.54 Å². The van der Waals surface area contributed by atoms with Gasteiger partial charge in [0.25, 0.3) is 0 Å². The van der Waals surface area contributed by atoms with Crippen molar-refractivity contribution >= 4 is 5.91 Å². The molecule has 0 heterocycles. The number of hydrogen-bond donors (Lipinski definition) is 2. The van der Waals surface area contributed by atoms with Gasteiger partial charge in [0.1, 0.15) is 0 Å². The monoisotopic (exact) mass is 253 g/mol. The minimum Gasteiger partial charge on any atom is -0.355 e. The van der Waals surface area contributed by atoms with Crippen LogP contribution in [0.25, 0.3) is 0 Å². The molecule has 3 N–H and O–H groups in total. The van der Waals surface area contributed by atoms with Crippen LogP contribution < -0.4 is 11.1 Å². The number of nitrogens with zero attached hydrogens (tertiary/aromatic N) is 1. The molecule has 2 saturated carbocycles. The lowest BCUT2D eigenvalue weighted by molar-refractivity contribution is -0.123. The van der Waals surface area contributed by atoms with Gasteiger partial charge < -0.3 is 11.1 Å². The lowest BCUT2D eigenvalue weighted by Gasteiger charge is -2.43. The zero-order valence-electron chi connectivity index (χ0n) is 11.6. The van der Waals surface area contributed by atoms with Crippen molar-refractivity contribution in [1.82, 2.24) is 10.2 Å². The maximum absolute atomic E-state index is 11.9. The van der Waals surface area contributed by atoms with Crippen LogP contribution in [0.2, 0.25) is 0 Å². The number of nitrogens with two attached hydrogens (primary N) is 1. The number of carbonyl (C=O) groups excluding carboxylic acids is 1. The lowest BCUT2D eigenvalue weighted by Crippen LogP contribution is -2.55. The molecule has 0 aromatic carbocycles. The molecule has 2 aliphatic carbocycles. The topological polar surface area (TPSA) is 58.4 Å². The van der Waals surface area contributed by atoms with Gasteiger partial charge in [0, 0.05) is 18.6 Å². The van der Waals surface area contributed by atoms with Crippen LogP contribution in [-0.4, -0.2) is 43.0 Å². The molecule has 0 aromatic heterocycles. The summed E-state index contributed by atoms with van der Waals surface area (Å²) in [5, 5.41) is 3.03. The Balaban J connectivity index is 1.79. The molecular formula is C14H27N3O. The highest BCUT2D eigenvalue weighted by molar-refractivity contribution is 5.78. The van der Waals surface area contributed by atoms with Gasteiger partial charge in [-0.1, -0.05) is 19.3 Å². The summed E-state index contributed by atoms with van der Waals surface area (Å²) in [7, 11) is 2.05. The van der Waals surface area contributed by atoms with Gasteiger partial charge in [-0.25, -0.2) is 0 Å². The summed E-state index contributed by atoms with van der Waals surface area (Å²) in [6, 6.07) is 0. The number of carbonyl (C=O) groups is 1. The van der Waals surface area contributed by atoms with Gasteiger partial charge in [-0.05, 0) is 38.6 Å². The van der Waals surface area contributed by atoms with Crippen molar-refractivity contribution in [2.45, 2.75) is 50.5 Å². The molecule has 2 fully saturated rings. The second-order valence-electron chi connectivity index (χ2n) is 6.09. The zero-order valence-corrected chi connectivity index (χ0v) is 11.6. The number of amides is 1. The molecule has 0 radical (unpaired) electrons. The molecule has 0 spiro atoms. The highest BCUT2D eigenvalue weighted by Gasteiger charge is 2.35. The van der Waals surface area contributed by atoms with Crippen molar-refractivity contribution in [3.8, 4) is 0 Å².